The number of halogens is 1. The van der Waals surface area contributed by atoms with Gasteiger partial charge in [-0.15, -0.1) is 10.2 Å². The second-order valence-corrected chi connectivity index (χ2v) is 8.88. The molecule has 0 fully saturated rings. The number of aryl methyl sites for hydroxylation is 3. The lowest BCUT2D eigenvalue weighted by Gasteiger charge is -1.99. The second-order valence-electron chi connectivity index (χ2n) is 6.68. The molecule has 0 aliphatic heterocycles. The summed E-state index contributed by atoms with van der Waals surface area (Å²) in [5.74, 6) is 0.321. The SMILES string of the molecule is Cc1ccc2c(C)c(C(=O)Nc3nnc(SCc4ccc(F)cc4)s3)oc2c1C. The highest BCUT2D eigenvalue weighted by molar-refractivity contribution is 8.00. The maximum atomic E-state index is 13.0. The van der Waals surface area contributed by atoms with Crippen molar-refractivity contribution in [2.45, 2.75) is 30.9 Å². The van der Waals surface area contributed by atoms with Crippen LogP contribution in [0.5, 0.6) is 0 Å². The predicted molar refractivity (Wildman–Crippen MR) is 114 cm³/mol. The van der Waals surface area contributed by atoms with Crippen LogP contribution in [0.4, 0.5) is 9.52 Å². The van der Waals surface area contributed by atoms with E-state index in [-0.39, 0.29) is 17.5 Å². The van der Waals surface area contributed by atoms with Crippen molar-refractivity contribution in [1.29, 1.82) is 0 Å². The lowest BCUT2D eigenvalue weighted by atomic mass is 10.0. The molecule has 8 heteroatoms. The Morgan fingerprint density at radius 3 is 2.62 bits per heavy atom. The van der Waals surface area contributed by atoms with Crippen molar-refractivity contribution < 1.29 is 13.6 Å². The van der Waals surface area contributed by atoms with Crippen LogP contribution in [0.2, 0.25) is 0 Å². The molecule has 0 aliphatic carbocycles. The summed E-state index contributed by atoms with van der Waals surface area (Å²) < 4.78 is 19.6. The van der Waals surface area contributed by atoms with E-state index in [4.69, 9.17) is 4.42 Å². The van der Waals surface area contributed by atoms with E-state index in [1.54, 1.807) is 12.1 Å². The van der Waals surface area contributed by atoms with Gasteiger partial charge in [-0.2, -0.15) is 0 Å². The highest BCUT2D eigenvalue weighted by atomic mass is 32.2. The molecule has 148 valence electrons. The van der Waals surface area contributed by atoms with E-state index in [0.29, 0.717) is 10.9 Å². The van der Waals surface area contributed by atoms with Gasteiger partial charge in [-0.1, -0.05) is 47.4 Å². The lowest BCUT2D eigenvalue weighted by molar-refractivity contribution is 0.0998. The molecule has 1 N–H and O–H groups in total. The molecule has 0 unspecified atom stereocenters. The van der Waals surface area contributed by atoms with Crippen LogP contribution in [0.15, 0.2) is 45.2 Å². The third-order valence-corrected chi connectivity index (χ3v) is 6.78. The predicted octanol–water partition coefficient (Wildman–Crippen LogP) is 5.89. The first-order valence-corrected chi connectivity index (χ1v) is 10.7. The molecule has 0 spiro atoms. The van der Waals surface area contributed by atoms with E-state index >= 15 is 0 Å². The number of hydrogen-bond acceptors (Lipinski definition) is 6. The molecule has 2 aromatic heterocycles. The molecule has 0 radical (unpaired) electrons. The first-order chi connectivity index (χ1) is 13.9. The quantitative estimate of drug-likeness (QED) is 0.318. The maximum absolute atomic E-state index is 13.0. The number of benzene rings is 2. The maximum Gasteiger partial charge on any atom is 0.293 e. The number of nitrogens with one attached hydrogen (secondary N) is 1. The van der Waals surface area contributed by atoms with Gasteiger partial charge in [-0.3, -0.25) is 10.1 Å². The Morgan fingerprint density at radius 1 is 1.10 bits per heavy atom. The zero-order chi connectivity index (χ0) is 20.5. The summed E-state index contributed by atoms with van der Waals surface area (Å²) in [6, 6.07) is 10.3. The second kappa shape index (κ2) is 7.96. The molecular weight excluding hydrogens is 409 g/mol. The van der Waals surface area contributed by atoms with Crippen LogP contribution in [0, 0.1) is 26.6 Å². The monoisotopic (exact) mass is 427 g/mol. The largest absolute Gasteiger partial charge is 0.450 e. The van der Waals surface area contributed by atoms with Crippen molar-refractivity contribution in [2.24, 2.45) is 0 Å². The molecule has 0 saturated heterocycles. The molecule has 1 amide bonds. The van der Waals surface area contributed by atoms with Gasteiger partial charge < -0.3 is 4.42 Å². The highest BCUT2D eigenvalue weighted by Gasteiger charge is 2.20. The number of anilines is 1. The van der Waals surface area contributed by atoms with E-state index < -0.39 is 0 Å². The topological polar surface area (TPSA) is 68.0 Å². The number of thioether (sulfide) groups is 1. The molecular formula is C21H18FN3O2S2. The van der Waals surface area contributed by atoms with Gasteiger partial charge >= 0.3 is 0 Å². The van der Waals surface area contributed by atoms with Gasteiger partial charge in [0.1, 0.15) is 11.4 Å². The number of rotatable bonds is 5. The van der Waals surface area contributed by atoms with Crippen LogP contribution in [-0.4, -0.2) is 16.1 Å². The van der Waals surface area contributed by atoms with Crippen molar-refractivity contribution >= 4 is 45.1 Å². The van der Waals surface area contributed by atoms with Crippen molar-refractivity contribution in [3.05, 3.63) is 70.2 Å². The smallest absolute Gasteiger partial charge is 0.293 e. The molecule has 0 atom stereocenters. The van der Waals surface area contributed by atoms with Crippen molar-refractivity contribution in [2.75, 3.05) is 5.32 Å². The van der Waals surface area contributed by atoms with Crippen LogP contribution >= 0.6 is 23.1 Å². The standard InChI is InChI=1S/C21H18FN3O2S2/c1-11-4-9-16-13(3)18(27-17(16)12(11)2)19(26)23-20-24-25-21(29-20)28-10-14-5-7-15(22)8-6-14/h4-9H,10H2,1-3H3,(H,23,24,26). The first kappa shape index (κ1) is 19.6. The summed E-state index contributed by atoms with van der Waals surface area (Å²) in [7, 11) is 0. The summed E-state index contributed by atoms with van der Waals surface area (Å²) in [5, 5.41) is 12.2. The minimum Gasteiger partial charge on any atom is -0.450 e. The molecule has 2 heterocycles. The van der Waals surface area contributed by atoms with E-state index in [1.165, 1.54) is 35.2 Å². The number of hydrogen-bond donors (Lipinski definition) is 1. The number of nitrogens with zero attached hydrogens (tertiary/aromatic N) is 2. The first-order valence-electron chi connectivity index (χ1n) is 8.94. The summed E-state index contributed by atoms with van der Waals surface area (Å²) in [6.45, 7) is 5.87. The van der Waals surface area contributed by atoms with Gasteiger partial charge in [-0.25, -0.2) is 4.39 Å². The number of fused-ring (bicyclic) bond motifs is 1. The fraction of sp³-hybridized carbons (Fsp3) is 0.190. The minimum absolute atomic E-state index is 0.258. The summed E-state index contributed by atoms with van der Waals surface area (Å²) in [4.78, 5) is 12.7. The highest BCUT2D eigenvalue weighted by Crippen LogP contribution is 2.31. The zero-order valence-corrected chi connectivity index (χ0v) is 17.7. The van der Waals surface area contributed by atoms with E-state index in [9.17, 15) is 9.18 Å². The molecule has 4 aromatic rings. The Kier molecular flexibility index (Phi) is 5.38. The fourth-order valence-electron chi connectivity index (χ4n) is 2.93. The van der Waals surface area contributed by atoms with Gasteiger partial charge in [0.05, 0.1) is 0 Å². The molecule has 4 rings (SSSR count). The Labute approximate surface area is 175 Å². The Hall–Kier alpha value is -2.71. The van der Waals surface area contributed by atoms with Gasteiger partial charge in [-0.05, 0) is 49.6 Å². The van der Waals surface area contributed by atoms with Crippen molar-refractivity contribution in [3.8, 4) is 0 Å². The van der Waals surface area contributed by atoms with Gasteiger partial charge in [0, 0.05) is 16.7 Å². The van der Waals surface area contributed by atoms with Crippen LogP contribution in [0.1, 0.15) is 32.8 Å². The molecule has 5 nitrogen and oxygen atoms in total. The molecule has 0 saturated carbocycles. The minimum atomic E-state index is -0.345. The van der Waals surface area contributed by atoms with Crippen molar-refractivity contribution in [1.82, 2.24) is 10.2 Å². The summed E-state index contributed by atoms with van der Waals surface area (Å²) in [5.41, 5.74) is 4.67. The van der Waals surface area contributed by atoms with Crippen LogP contribution in [0.25, 0.3) is 11.0 Å². The summed E-state index contributed by atoms with van der Waals surface area (Å²) >= 11 is 2.77. The lowest BCUT2D eigenvalue weighted by Crippen LogP contribution is -2.11. The van der Waals surface area contributed by atoms with E-state index in [1.807, 2.05) is 32.9 Å². The average molecular weight is 428 g/mol. The number of furan rings is 1. The van der Waals surface area contributed by atoms with Crippen LogP contribution in [0.3, 0.4) is 0 Å². The normalized spacial score (nSPS) is 11.2. The third-order valence-electron chi connectivity index (χ3n) is 4.73. The number of carbonyl (C=O) groups is 1. The Balaban J connectivity index is 1.46. The third kappa shape index (κ3) is 4.04. The molecule has 0 bridgehead atoms. The van der Waals surface area contributed by atoms with E-state index in [0.717, 1.165) is 37.6 Å². The number of amides is 1. The van der Waals surface area contributed by atoms with Gasteiger partial charge in [0.15, 0.2) is 10.1 Å². The number of carbonyl (C=O) groups excluding carboxylic acids is 1. The summed E-state index contributed by atoms with van der Waals surface area (Å²) in [6.07, 6.45) is 0. The fourth-order valence-corrected chi connectivity index (χ4v) is 4.64. The molecule has 0 aliphatic rings. The average Bonchev–Trinajstić information content (AvgIpc) is 3.29. The van der Waals surface area contributed by atoms with Crippen molar-refractivity contribution in [3.63, 3.8) is 0 Å². The number of aromatic nitrogens is 2. The van der Waals surface area contributed by atoms with Gasteiger partial charge in [0.2, 0.25) is 5.13 Å². The Bertz CT molecular complexity index is 1200. The Morgan fingerprint density at radius 2 is 1.86 bits per heavy atom. The van der Waals surface area contributed by atoms with Crippen LogP contribution in [-0.2, 0) is 5.75 Å². The van der Waals surface area contributed by atoms with Gasteiger partial charge in [0.25, 0.3) is 5.91 Å². The van der Waals surface area contributed by atoms with E-state index in [2.05, 4.69) is 15.5 Å². The zero-order valence-electron chi connectivity index (χ0n) is 16.1. The molecule has 2 aromatic carbocycles. The molecule has 29 heavy (non-hydrogen) atoms. The van der Waals surface area contributed by atoms with Crippen LogP contribution < -0.4 is 5.32 Å².